The number of nitrogens with zero attached hydrogens (tertiary/aromatic N) is 7. The second kappa shape index (κ2) is 9.35. The molecule has 35 heavy (non-hydrogen) atoms. The summed E-state index contributed by atoms with van der Waals surface area (Å²) >= 11 is 0. The van der Waals surface area contributed by atoms with Gasteiger partial charge < -0.3 is 20.3 Å². The molecular formula is C25H23N9O. The van der Waals surface area contributed by atoms with Gasteiger partial charge in [-0.15, -0.1) is 0 Å². The summed E-state index contributed by atoms with van der Waals surface area (Å²) in [7, 11) is 0. The van der Waals surface area contributed by atoms with E-state index in [9.17, 15) is 0 Å². The van der Waals surface area contributed by atoms with Gasteiger partial charge in [-0.3, -0.25) is 4.57 Å². The summed E-state index contributed by atoms with van der Waals surface area (Å²) < 4.78 is 7.40. The highest BCUT2D eigenvalue weighted by Crippen LogP contribution is 2.28. The molecule has 0 bridgehead atoms. The van der Waals surface area contributed by atoms with E-state index >= 15 is 0 Å². The highest BCUT2D eigenvalue weighted by atomic mass is 16.5. The molecule has 0 radical (unpaired) electrons. The van der Waals surface area contributed by atoms with Crippen molar-refractivity contribution in [1.82, 2.24) is 29.5 Å². The fraction of sp³-hybridized carbons (Fsp3) is 0.160. The van der Waals surface area contributed by atoms with E-state index in [0.717, 1.165) is 37.7 Å². The van der Waals surface area contributed by atoms with Gasteiger partial charge in [-0.1, -0.05) is 18.2 Å². The molecule has 0 atom stereocenters. The minimum atomic E-state index is 0.404. The van der Waals surface area contributed by atoms with Gasteiger partial charge in [-0.05, 0) is 42.5 Å². The molecule has 6 rings (SSSR count). The van der Waals surface area contributed by atoms with Gasteiger partial charge in [-0.25, -0.2) is 15.0 Å². The van der Waals surface area contributed by atoms with Gasteiger partial charge in [-0.2, -0.15) is 9.97 Å². The molecule has 1 saturated heterocycles. The highest BCUT2D eigenvalue weighted by Gasteiger charge is 2.16. The summed E-state index contributed by atoms with van der Waals surface area (Å²) in [5.41, 5.74) is 4.38. The maximum atomic E-state index is 5.46. The van der Waals surface area contributed by atoms with Crippen LogP contribution in [0.3, 0.4) is 0 Å². The van der Waals surface area contributed by atoms with Crippen molar-refractivity contribution in [1.29, 1.82) is 0 Å². The first-order chi connectivity index (χ1) is 17.3. The normalized spacial score (nSPS) is 13.7. The van der Waals surface area contributed by atoms with Crippen LogP contribution in [0.5, 0.6) is 0 Å². The summed E-state index contributed by atoms with van der Waals surface area (Å²) in [5.74, 6) is 1.60. The number of ether oxygens (including phenoxy) is 1. The van der Waals surface area contributed by atoms with Crippen molar-refractivity contribution in [2.75, 3.05) is 41.8 Å². The number of fused-ring (bicyclic) bond motifs is 1. The number of para-hydroxylation sites is 1. The fourth-order valence-corrected chi connectivity index (χ4v) is 4.01. The zero-order chi connectivity index (χ0) is 23.5. The van der Waals surface area contributed by atoms with Crippen LogP contribution in [0, 0.1) is 0 Å². The van der Waals surface area contributed by atoms with E-state index in [1.807, 2.05) is 47.0 Å². The monoisotopic (exact) mass is 465 g/mol. The summed E-state index contributed by atoms with van der Waals surface area (Å²) in [5, 5.41) is 6.60. The number of nitrogens with one attached hydrogen (secondary N) is 2. The molecule has 0 amide bonds. The molecule has 174 valence electrons. The number of aromatic nitrogens is 6. The molecule has 5 aromatic rings. The number of imidazole rings is 1. The lowest BCUT2D eigenvalue weighted by Crippen LogP contribution is -2.36. The molecular weight excluding hydrogens is 442 g/mol. The maximum Gasteiger partial charge on any atom is 0.232 e. The fourth-order valence-electron chi connectivity index (χ4n) is 4.01. The Labute approximate surface area is 201 Å². The van der Waals surface area contributed by atoms with Crippen molar-refractivity contribution in [3.05, 3.63) is 79.5 Å². The van der Waals surface area contributed by atoms with E-state index in [4.69, 9.17) is 14.7 Å². The lowest BCUT2D eigenvalue weighted by Gasteiger charge is -2.28. The molecule has 0 unspecified atom stereocenters. The third-order valence-corrected chi connectivity index (χ3v) is 5.76. The first-order valence-corrected chi connectivity index (χ1v) is 11.4. The second-order valence-electron chi connectivity index (χ2n) is 8.01. The largest absolute Gasteiger partial charge is 0.378 e. The van der Waals surface area contributed by atoms with E-state index in [1.165, 1.54) is 12.0 Å². The van der Waals surface area contributed by atoms with Gasteiger partial charge in [0.1, 0.15) is 18.5 Å². The van der Waals surface area contributed by atoms with Gasteiger partial charge in [0.15, 0.2) is 17.0 Å². The van der Waals surface area contributed by atoms with Crippen molar-refractivity contribution >= 4 is 40.1 Å². The first kappa shape index (κ1) is 21.0. The molecule has 10 nitrogen and oxygen atoms in total. The van der Waals surface area contributed by atoms with Gasteiger partial charge in [0.2, 0.25) is 5.95 Å². The van der Waals surface area contributed by atoms with Crippen molar-refractivity contribution < 1.29 is 4.74 Å². The minimum Gasteiger partial charge on any atom is -0.378 e. The maximum absolute atomic E-state index is 5.46. The van der Waals surface area contributed by atoms with E-state index in [1.54, 1.807) is 18.6 Å². The van der Waals surface area contributed by atoms with Gasteiger partial charge >= 0.3 is 0 Å². The molecule has 0 saturated carbocycles. The predicted molar refractivity (Wildman–Crippen MR) is 135 cm³/mol. The first-order valence-electron chi connectivity index (χ1n) is 11.4. The lowest BCUT2D eigenvalue weighted by molar-refractivity contribution is 0.122. The molecule has 10 heteroatoms. The summed E-state index contributed by atoms with van der Waals surface area (Å²) in [4.78, 5) is 24.6. The average molecular weight is 466 g/mol. The molecule has 1 fully saturated rings. The highest BCUT2D eigenvalue weighted by molar-refractivity contribution is 5.88. The van der Waals surface area contributed by atoms with Gasteiger partial charge in [0.05, 0.1) is 13.2 Å². The standard InChI is InChI=1S/C25H23N9O/c1-2-4-20(5-3-1)34-17-28-22-23(31-25(32-24(22)34)30-21-10-11-26-16-27-21)29-18-6-8-19(9-7-18)33-12-14-35-15-13-33/h1-11,16-17H,12-15H2,(H2,26,27,29,30,31,32). The molecule has 2 aromatic carbocycles. The molecule has 0 spiro atoms. The van der Waals surface area contributed by atoms with Crippen molar-refractivity contribution in [2.45, 2.75) is 0 Å². The molecule has 1 aliphatic heterocycles. The molecule has 2 N–H and O–H groups in total. The smallest absolute Gasteiger partial charge is 0.232 e. The number of morpholine rings is 1. The van der Waals surface area contributed by atoms with Gasteiger partial charge in [0.25, 0.3) is 0 Å². The summed E-state index contributed by atoms with van der Waals surface area (Å²) in [6.45, 7) is 3.30. The number of benzene rings is 2. The van der Waals surface area contributed by atoms with Crippen molar-refractivity contribution in [3.8, 4) is 5.69 Å². The lowest BCUT2D eigenvalue weighted by atomic mass is 10.2. The number of rotatable bonds is 6. The van der Waals surface area contributed by atoms with Crippen molar-refractivity contribution in [2.24, 2.45) is 0 Å². The van der Waals surface area contributed by atoms with Crippen LogP contribution in [-0.2, 0) is 4.74 Å². The Kier molecular flexibility index (Phi) is 5.61. The number of hydrogen-bond donors (Lipinski definition) is 2. The van der Waals surface area contributed by atoms with E-state index in [-0.39, 0.29) is 0 Å². The van der Waals surface area contributed by atoms with E-state index < -0.39 is 0 Å². The number of hydrogen-bond acceptors (Lipinski definition) is 9. The zero-order valence-corrected chi connectivity index (χ0v) is 18.9. The zero-order valence-electron chi connectivity index (χ0n) is 18.9. The molecule has 0 aliphatic carbocycles. The predicted octanol–water partition coefficient (Wildman–Crippen LogP) is 3.93. The van der Waals surface area contributed by atoms with Crippen LogP contribution in [0.4, 0.5) is 29.0 Å². The SMILES string of the molecule is c1ccc(-n2cnc3c(Nc4ccc(N5CCOCC5)cc4)nc(Nc4ccncn4)nc32)cc1. The molecule has 4 heterocycles. The minimum absolute atomic E-state index is 0.404. The van der Waals surface area contributed by atoms with E-state index in [0.29, 0.717) is 28.7 Å². The van der Waals surface area contributed by atoms with Crippen LogP contribution in [-0.4, -0.2) is 55.8 Å². The number of anilines is 5. The molecule has 3 aromatic heterocycles. The van der Waals surface area contributed by atoms with Crippen LogP contribution in [0.2, 0.25) is 0 Å². The van der Waals surface area contributed by atoms with Crippen LogP contribution >= 0.6 is 0 Å². The Morgan fingerprint density at radius 1 is 0.800 bits per heavy atom. The van der Waals surface area contributed by atoms with Crippen LogP contribution < -0.4 is 15.5 Å². The topological polar surface area (TPSA) is 106 Å². The Morgan fingerprint density at radius 2 is 1.63 bits per heavy atom. The van der Waals surface area contributed by atoms with Crippen LogP contribution in [0.25, 0.3) is 16.9 Å². The Morgan fingerprint density at radius 3 is 2.40 bits per heavy atom. The van der Waals surface area contributed by atoms with E-state index in [2.05, 4.69) is 42.6 Å². The van der Waals surface area contributed by atoms with Crippen LogP contribution in [0.15, 0.2) is 79.5 Å². The quantitative estimate of drug-likeness (QED) is 0.386. The Balaban J connectivity index is 1.36. The van der Waals surface area contributed by atoms with Gasteiger partial charge in [0, 0.05) is 36.3 Å². The summed E-state index contributed by atoms with van der Waals surface area (Å²) in [6, 6.07) is 20.0. The second-order valence-corrected chi connectivity index (χ2v) is 8.01. The Bertz CT molecular complexity index is 1420. The van der Waals surface area contributed by atoms with Crippen molar-refractivity contribution in [3.63, 3.8) is 0 Å². The summed E-state index contributed by atoms with van der Waals surface area (Å²) in [6.07, 6.45) is 4.90. The third kappa shape index (κ3) is 4.46. The third-order valence-electron chi connectivity index (χ3n) is 5.76. The Hall–Kier alpha value is -4.57. The molecule has 1 aliphatic rings. The van der Waals surface area contributed by atoms with Crippen LogP contribution in [0.1, 0.15) is 0 Å². The average Bonchev–Trinajstić information content (AvgIpc) is 3.35.